The maximum atomic E-state index is 10.4. The van der Waals surface area contributed by atoms with Crippen molar-refractivity contribution in [2.45, 2.75) is 6.92 Å². The Morgan fingerprint density at radius 3 is 2.27 bits per heavy atom. The second kappa shape index (κ2) is 5.01. The van der Waals surface area contributed by atoms with Gasteiger partial charge in [0.1, 0.15) is 0 Å². The van der Waals surface area contributed by atoms with Crippen LogP contribution in [0.2, 0.25) is 0 Å². The van der Waals surface area contributed by atoms with E-state index in [2.05, 4.69) is 5.32 Å². The fourth-order valence-corrected chi connectivity index (χ4v) is 0.684. The first-order valence-corrected chi connectivity index (χ1v) is 3.06. The van der Waals surface area contributed by atoms with Crippen LogP contribution in [-0.2, 0) is 4.79 Å². The van der Waals surface area contributed by atoms with Crippen molar-refractivity contribution in [3.05, 3.63) is 35.6 Å². The van der Waals surface area contributed by atoms with E-state index < -0.39 is 0 Å². The van der Waals surface area contributed by atoms with Crippen LogP contribution < -0.4 is 18.9 Å². The summed E-state index contributed by atoms with van der Waals surface area (Å²) in [4.78, 5) is 10.4. The van der Waals surface area contributed by atoms with Gasteiger partial charge in [0.15, 0.2) is 0 Å². The summed E-state index contributed by atoms with van der Waals surface area (Å²) in [5.41, 5.74) is 0.718. The first-order valence-electron chi connectivity index (χ1n) is 3.06. The first-order chi connectivity index (χ1) is 4.79. The third-order valence-electron chi connectivity index (χ3n) is 1.04. The van der Waals surface area contributed by atoms with Gasteiger partial charge in [-0.25, -0.2) is 0 Å². The van der Waals surface area contributed by atoms with Crippen LogP contribution in [-0.4, -0.2) is 5.91 Å². The number of rotatable bonds is 1. The van der Waals surface area contributed by atoms with Crippen LogP contribution in [0.4, 0.5) is 5.69 Å². The number of nitrogens with zero attached hydrogens (tertiary/aromatic N) is 1. The van der Waals surface area contributed by atoms with Gasteiger partial charge in [0.2, 0.25) is 0 Å². The maximum absolute atomic E-state index is 10.4. The standard InChI is InChI=1S/C8H9NO.Li/c1-7(10)9-8-5-3-2-4-6-8;/h2-6H,1H3,(H,9,10);/q;+1/p-1. The van der Waals surface area contributed by atoms with Crippen molar-refractivity contribution in [1.29, 1.82) is 0 Å². The van der Waals surface area contributed by atoms with E-state index in [-0.39, 0.29) is 24.8 Å². The molecule has 0 atom stereocenters. The number of amides is 1. The average molecular weight is 141 g/mol. The van der Waals surface area contributed by atoms with Gasteiger partial charge in [0, 0.05) is 0 Å². The minimum absolute atomic E-state index is 0. The Morgan fingerprint density at radius 2 is 1.82 bits per heavy atom. The first kappa shape index (κ1) is 10.3. The number of benzene rings is 1. The quantitative estimate of drug-likeness (QED) is 0.473. The zero-order valence-electron chi connectivity index (χ0n) is 6.74. The molecule has 0 aliphatic heterocycles. The van der Waals surface area contributed by atoms with Crippen LogP contribution in [0.15, 0.2) is 30.3 Å². The van der Waals surface area contributed by atoms with Crippen molar-refractivity contribution in [3.8, 4) is 0 Å². The minimum atomic E-state index is -0.161. The van der Waals surface area contributed by atoms with E-state index in [0.717, 1.165) is 5.69 Å². The molecule has 1 aromatic carbocycles. The zero-order valence-corrected chi connectivity index (χ0v) is 6.74. The van der Waals surface area contributed by atoms with Crippen LogP contribution in [0.1, 0.15) is 6.92 Å². The Morgan fingerprint density at radius 1 is 1.27 bits per heavy atom. The number of hydrogen-bond acceptors (Lipinski definition) is 1. The molecular formula is C8H8LiNO. The number of carbonyl (C=O) groups is 1. The smallest absolute Gasteiger partial charge is 0.627 e. The van der Waals surface area contributed by atoms with Gasteiger partial charge in [0.25, 0.3) is 0 Å². The summed E-state index contributed by atoms with van der Waals surface area (Å²) in [5.74, 6) is -0.161. The number of carbonyl (C=O) groups excluding carboxylic acids is 1. The van der Waals surface area contributed by atoms with Crippen molar-refractivity contribution in [3.63, 3.8) is 0 Å². The van der Waals surface area contributed by atoms with Gasteiger partial charge in [-0.2, -0.15) is 0 Å². The molecule has 1 amide bonds. The summed E-state index contributed by atoms with van der Waals surface area (Å²) < 4.78 is 0. The van der Waals surface area contributed by atoms with Gasteiger partial charge in [-0.1, -0.05) is 30.3 Å². The van der Waals surface area contributed by atoms with Crippen molar-refractivity contribution >= 4 is 11.6 Å². The van der Waals surface area contributed by atoms with Gasteiger partial charge >= 0.3 is 18.9 Å². The van der Waals surface area contributed by atoms with Gasteiger partial charge in [-0.05, 0) is 6.92 Å². The minimum Gasteiger partial charge on any atom is -0.627 e. The monoisotopic (exact) mass is 141 g/mol. The molecule has 0 aromatic heterocycles. The van der Waals surface area contributed by atoms with E-state index in [4.69, 9.17) is 0 Å². The molecule has 0 saturated heterocycles. The molecule has 0 spiro atoms. The SMILES string of the molecule is CC(=O)[N-]c1ccccc1.[Li+]. The van der Waals surface area contributed by atoms with Gasteiger partial charge in [0.05, 0.1) is 5.91 Å². The Balaban J connectivity index is 0.000001000. The predicted octanol–water partition coefficient (Wildman–Crippen LogP) is -0.758. The summed E-state index contributed by atoms with van der Waals surface area (Å²) in [5, 5.41) is 3.72. The van der Waals surface area contributed by atoms with Crippen LogP contribution in [0.25, 0.3) is 5.32 Å². The van der Waals surface area contributed by atoms with Gasteiger partial charge in [-0.15, -0.1) is 5.69 Å². The molecule has 0 radical (unpaired) electrons. The van der Waals surface area contributed by atoms with E-state index >= 15 is 0 Å². The van der Waals surface area contributed by atoms with E-state index in [1.54, 1.807) is 12.1 Å². The molecule has 1 aromatic rings. The topological polar surface area (TPSA) is 31.2 Å². The average Bonchev–Trinajstić information content (AvgIpc) is 1.88. The summed E-state index contributed by atoms with van der Waals surface area (Å²) in [6.07, 6.45) is 0. The predicted molar refractivity (Wildman–Crippen MR) is 40.1 cm³/mol. The summed E-state index contributed by atoms with van der Waals surface area (Å²) in [7, 11) is 0. The van der Waals surface area contributed by atoms with E-state index in [0.29, 0.717) is 0 Å². The molecule has 0 N–H and O–H groups in total. The number of hydrogen-bond donors (Lipinski definition) is 0. The molecular weight excluding hydrogens is 133 g/mol. The molecule has 0 heterocycles. The van der Waals surface area contributed by atoms with Crippen LogP contribution in [0.5, 0.6) is 0 Å². The summed E-state index contributed by atoms with van der Waals surface area (Å²) in [6, 6.07) is 9.17. The molecule has 0 aliphatic carbocycles. The van der Waals surface area contributed by atoms with Gasteiger partial charge in [-0.3, -0.25) is 0 Å². The molecule has 2 nitrogen and oxygen atoms in total. The van der Waals surface area contributed by atoms with Crippen LogP contribution in [0.3, 0.4) is 0 Å². The molecule has 0 bridgehead atoms. The molecule has 52 valence electrons. The largest absolute Gasteiger partial charge is 1.00 e. The Hall–Kier alpha value is -0.713. The zero-order chi connectivity index (χ0) is 7.40. The fourth-order valence-electron chi connectivity index (χ4n) is 0.684. The molecule has 1 rings (SSSR count). The Labute approximate surface area is 78.2 Å². The Bertz CT molecular complexity index is 223. The Kier molecular flexibility index (Phi) is 4.68. The van der Waals surface area contributed by atoms with Crippen LogP contribution >= 0.6 is 0 Å². The summed E-state index contributed by atoms with van der Waals surface area (Å²) in [6.45, 7) is 1.44. The van der Waals surface area contributed by atoms with Crippen molar-refractivity contribution in [1.82, 2.24) is 0 Å². The fraction of sp³-hybridized carbons (Fsp3) is 0.125. The molecule has 0 unspecified atom stereocenters. The second-order valence-electron chi connectivity index (χ2n) is 1.97. The molecule has 0 aliphatic rings. The maximum Gasteiger partial charge on any atom is 1.00 e. The third kappa shape index (κ3) is 3.87. The molecule has 3 heteroatoms. The van der Waals surface area contributed by atoms with Crippen molar-refractivity contribution < 1.29 is 23.7 Å². The second-order valence-corrected chi connectivity index (χ2v) is 1.97. The third-order valence-corrected chi connectivity index (χ3v) is 1.04. The van der Waals surface area contributed by atoms with Crippen molar-refractivity contribution in [2.75, 3.05) is 0 Å². The number of para-hydroxylation sites is 1. The van der Waals surface area contributed by atoms with Crippen molar-refractivity contribution in [2.24, 2.45) is 0 Å². The molecule has 11 heavy (non-hydrogen) atoms. The van der Waals surface area contributed by atoms with E-state index in [9.17, 15) is 4.79 Å². The normalized spacial score (nSPS) is 8.09. The van der Waals surface area contributed by atoms with E-state index in [1.807, 2.05) is 18.2 Å². The molecule has 0 fully saturated rings. The van der Waals surface area contributed by atoms with E-state index in [1.165, 1.54) is 6.92 Å². The van der Waals surface area contributed by atoms with Crippen LogP contribution in [0, 0.1) is 0 Å². The summed E-state index contributed by atoms with van der Waals surface area (Å²) >= 11 is 0. The molecule has 0 saturated carbocycles. The van der Waals surface area contributed by atoms with Gasteiger partial charge < -0.3 is 10.1 Å².